The molecular formula is C15H22ClNO3S. The van der Waals surface area contributed by atoms with Gasteiger partial charge in [-0.05, 0) is 37.0 Å². The average molecular weight is 332 g/mol. The predicted molar refractivity (Wildman–Crippen MR) is 85.8 cm³/mol. The van der Waals surface area contributed by atoms with Crippen molar-refractivity contribution in [3.8, 4) is 5.75 Å². The van der Waals surface area contributed by atoms with Crippen LogP contribution in [-0.4, -0.2) is 32.6 Å². The van der Waals surface area contributed by atoms with Gasteiger partial charge in [0.25, 0.3) is 0 Å². The molecule has 0 amide bonds. The minimum absolute atomic E-state index is 0.0299. The molecule has 1 aromatic rings. The van der Waals surface area contributed by atoms with Crippen molar-refractivity contribution in [1.82, 2.24) is 5.32 Å². The zero-order chi connectivity index (χ0) is 15.3. The molecule has 1 fully saturated rings. The highest BCUT2D eigenvalue weighted by atomic mass is 35.5. The van der Waals surface area contributed by atoms with Gasteiger partial charge in [0.15, 0.2) is 9.84 Å². The Morgan fingerprint density at radius 2 is 2.10 bits per heavy atom. The zero-order valence-electron chi connectivity index (χ0n) is 12.3. The second-order valence-electron chi connectivity index (χ2n) is 5.42. The van der Waals surface area contributed by atoms with Crippen LogP contribution in [0.4, 0.5) is 0 Å². The molecular weight excluding hydrogens is 310 g/mol. The molecule has 1 aliphatic rings. The lowest BCUT2D eigenvalue weighted by atomic mass is 10.2. The number of rotatable bonds is 9. The summed E-state index contributed by atoms with van der Waals surface area (Å²) in [5.74, 6) is 0.774. The molecule has 0 bridgehead atoms. The fourth-order valence-electron chi connectivity index (χ4n) is 2.01. The molecule has 2 rings (SSSR count). The van der Waals surface area contributed by atoms with Crippen molar-refractivity contribution in [1.29, 1.82) is 0 Å². The first-order valence-corrected chi connectivity index (χ1v) is 9.55. The third-order valence-corrected chi connectivity index (χ3v) is 5.45. The third kappa shape index (κ3) is 5.85. The van der Waals surface area contributed by atoms with Crippen molar-refractivity contribution in [2.24, 2.45) is 0 Å². The van der Waals surface area contributed by atoms with Crippen LogP contribution in [0.5, 0.6) is 5.75 Å². The van der Waals surface area contributed by atoms with E-state index >= 15 is 0 Å². The molecule has 21 heavy (non-hydrogen) atoms. The molecule has 0 atom stereocenters. The lowest BCUT2D eigenvalue weighted by molar-refractivity contribution is 0.341. The van der Waals surface area contributed by atoms with Crippen molar-refractivity contribution >= 4 is 21.4 Å². The Bertz CT molecular complexity index is 570. The van der Waals surface area contributed by atoms with Crippen LogP contribution in [0.15, 0.2) is 18.2 Å². The van der Waals surface area contributed by atoms with E-state index in [1.165, 1.54) is 12.8 Å². The molecule has 0 heterocycles. The number of halogens is 1. The maximum Gasteiger partial charge on any atom is 0.153 e. The first-order valence-electron chi connectivity index (χ1n) is 7.35. The Morgan fingerprint density at radius 1 is 1.33 bits per heavy atom. The molecule has 0 spiro atoms. The SMILES string of the molecule is CCCS(=O)(=O)CCOc1ccc(CNC2CC2)cc1Cl. The summed E-state index contributed by atoms with van der Waals surface area (Å²) in [6.07, 6.45) is 3.13. The molecule has 0 unspecified atom stereocenters. The number of hydrogen-bond donors (Lipinski definition) is 1. The molecule has 6 heteroatoms. The molecule has 4 nitrogen and oxygen atoms in total. The lowest BCUT2D eigenvalue weighted by Crippen LogP contribution is -2.17. The van der Waals surface area contributed by atoms with Crippen LogP contribution >= 0.6 is 11.6 Å². The van der Waals surface area contributed by atoms with Gasteiger partial charge in [-0.15, -0.1) is 0 Å². The Morgan fingerprint density at radius 3 is 2.71 bits per heavy atom. The normalized spacial score (nSPS) is 15.1. The molecule has 0 radical (unpaired) electrons. The van der Waals surface area contributed by atoms with Crippen LogP contribution in [0.25, 0.3) is 0 Å². The van der Waals surface area contributed by atoms with E-state index in [9.17, 15) is 8.42 Å². The van der Waals surface area contributed by atoms with Gasteiger partial charge in [0, 0.05) is 12.6 Å². The van der Waals surface area contributed by atoms with Crippen LogP contribution in [-0.2, 0) is 16.4 Å². The first kappa shape index (κ1) is 16.6. The van der Waals surface area contributed by atoms with Gasteiger partial charge in [-0.25, -0.2) is 8.42 Å². The van der Waals surface area contributed by atoms with E-state index in [0.29, 0.717) is 23.2 Å². The largest absolute Gasteiger partial charge is 0.491 e. The van der Waals surface area contributed by atoms with Crippen LogP contribution in [0.3, 0.4) is 0 Å². The van der Waals surface area contributed by atoms with Crippen LogP contribution < -0.4 is 10.1 Å². The van der Waals surface area contributed by atoms with E-state index in [4.69, 9.17) is 16.3 Å². The van der Waals surface area contributed by atoms with Gasteiger partial charge in [-0.2, -0.15) is 0 Å². The Kier molecular flexibility index (Phi) is 5.90. The van der Waals surface area contributed by atoms with E-state index in [0.717, 1.165) is 12.1 Å². The fraction of sp³-hybridized carbons (Fsp3) is 0.600. The van der Waals surface area contributed by atoms with Crippen LogP contribution in [0.1, 0.15) is 31.7 Å². The Balaban J connectivity index is 1.82. The first-order chi connectivity index (χ1) is 10.00. The maximum atomic E-state index is 11.6. The topological polar surface area (TPSA) is 55.4 Å². The van der Waals surface area contributed by atoms with Gasteiger partial charge in [0.2, 0.25) is 0 Å². The second kappa shape index (κ2) is 7.47. The highest BCUT2D eigenvalue weighted by Crippen LogP contribution is 2.26. The molecule has 1 N–H and O–H groups in total. The van der Waals surface area contributed by atoms with Gasteiger partial charge in [-0.1, -0.05) is 24.6 Å². The van der Waals surface area contributed by atoms with Gasteiger partial charge >= 0.3 is 0 Å². The highest BCUT2D eigenvalue weighted by Gasteiger charge is 2.20. The van der Waals surface area contributed by atoms with Crippen molar-refractivity contribution in [3.63, 3.8) is 0 Å². The molecule has 0 aromatic heterocycles. The molecule has 0 saturated heterocycles. The Labute approximate surface area is 131 Å². The summed E-state index contributed by atoms with van der Waals surface area (Å²) in [6.45, 7) is 2.79. The van der Waals surface area contributed by atoms with Gasteiger partial charge in [0.1, 0.15) is 12.4 Å². The standard InChI is InChI=1S/C15H22ClNO3S/c1-2-8-21(18,19)9-7-20-15-6-3-12(10-14(15)16)11-17-13-4-5-13/h3,6,10,13,17H,2,4-5,7-9,11H2,1H3. The van der Waals surface area contributed by atoms with Gasteiger partial charge in [-0.3, -0.25) is 0 Å². The molecule has 1 aromatic carbocycles. The molecule has 1 aliphatic carbocycles. The van der Waals surface area contributed by atoms with Gasteiger partial charge < -0.3 is 10.1 Å². The van der Waals surface area contributed by atoms with Crippen molar-refractivity contribution in [2.75, 3.05) is 18.1 Å². The minimum atomic E-state index is -3.01. The summed E-state index contributed by atoms with van der Waals surface area (Å²) < 4.78 is 28.7. The third-order valence-electron chi connectivity index (χ3n) is 3.34. The predicted octanol–water partition coefficient (Wildman–Crippen LogP) is 2.80. The van der Waals surface area contributed by atoms with Crippen LogP contribution in [0, 0.1) is 0 Å². The summed E-state index contributed by atoms with van der Waals surface area (Å²) >= 11 is 6.17. The number of nitrogens with one attached hydrogen (secondary N) is 1. The zero-order valence-corrected chi connectivity index (χ0v) is 13.8. The smallest absolute Gasteiger partial charge is 0.153 e. The lowest BCUT2D eigenvalue weighted by Gasteiger charge is -2.10. The summed E-state index contributed by atoms with van der Waals surface area (Å²) in [5, 5.41) is 3.94. The van der Waals surface area contributed by atoms with E-state index in [1.807, 2.05) is 19.1 Å². The van der Waals surface area contributed by atoms with Crippen molar-refractivity contribution in [2.45, 2.75) is 38.8 Å². The van der Waals surface area contributed by atoms with E-state index in [-0.39, 0.29) is 18.1 Å². The van der Waals surface area contributed by atoms with E-state index in [2.05, 4.69) is 5.32 Å². The summed E-state index contributed by atoms with van der Waals surface area (Å²) in [4.78, 5) is 0. The summed E-state index contributed by atoms with van der Waals surface area (Å²) in [5.41, 5.74) is 1.11. The maximum absolute atomic E-state index is 11.6. The van der Waals surface area contributed by atoms with E-state index in [1.54, 1.807) is 6.07 Å². The van der Waals surface area contributed by atoms with Crippen LogP contribution in [0.2, 0.25) is 5.02 Å². The average Bonchev–Trinajstić information content (AvgIpc) is 3.22. The molecule has 118 valence electrons. The minimum Gasteiger partial charge on any atom is -0.491 e. The quantitative estimate of drug-likeness (QED) is 0.756. The number of sulfone groups is 1. The Hall–Kier alpha value is -0.780. The van der Waals surface area contributed by atoms with E-state index < -0.39 is 9.84 Å². The number of ether oxygens (including phenoxy) is 1. The monoisotopic (exact) mass is 331 g/mol. The number of benzene rings is 1. The summed E-state index contributed by atoms with van der Waals surface area (Å²) in [6, 6.07) is 6.28. The summed E-state index contributed by atoms with van der Waals surface area (Å²) in [7, 11) is -3.01. The number of hydrogen-bond acceptors (Lipinski definition) is 4. The van der Waals surface area contributed by atoms with Crippen molar-refractivity contribution in [3.05, 3.63) is 28.8 Å². The second-order valence-corrected chi connectivity index (χ2v) is 8.13. The van der Waals surface area contributed by atoms with Gasteiger partial charge in [0.05, 0.1) is 16.5 Å². The molecule has 0 aliphatic heterocycles. The fourth-order valence-corrected chi connectivity index (χ4v) is 3.43. The van der Waals surface area contributed by atoms with Crippen molar-refractivity contribution < 1.29 is 13.2 Å². The molecule has 1 saturated carbocycles. The highest BCUT2D eigenvalue weighted by molar-refractivity contribution is 7.91.